The predicted molar refractivity (Wildman–Crippen MR) is 60.1 cm³/mol. The van der Waals surface area contributed by atoms with Gasteiger partial charge in [-0.2, -0.15) is 0 Å². The third-order valence-electron chi connectivity index (χ3n) is 1.50. The van der Waals surface area contributed by atoms with Gasteiger partial charge in [0.1, 0.15) is 10.8 Å². The van der Waals surface area contributed by atoms with Crippen molar-refractivity contribution < 1.29 is 0 Å². The van der Waals surface area contributed by atoms with Gasteiger partial charge in [-0.3, -0.25) is 0 Å². The van der Waals surface area contributed by atoms with Crippen LogP contribution >= 0.6 is 28.3 Å². The molecule has 0 aliphatic carbocycles. The van der Waals surface area contributed by atoms with Crippen LogP contribution in [-0.4, -0.2) is 9.97 Å². The molecule has 2 aromatic heterocycles. The van der Waals surface area contributed by atoms with E-state index in [9.17, 15) is 0 Å². The zero-order valence-corrected chi connectivity index (χ0v) is 9.20. The lowest BCUT2D eigenvalue weighted by Gasteiger charge is -1.98. The number of anilines is 1. The molecule has 2 N–H and O–H groups in total. The Labute approximate surface area is 90.4 Å². The number of aromatic nitrogens is 2. The van der Waals surface area contributed by atoms with E-state index in [1.54, 1.807) is 23.7 Å². The molecule has 3 nitrogen and oxygen atoms in total. The zero-order valence-electron chi connectivity index (χ0n) is 6.68. The van der Waals surface area contributed by atoms with Crippen LogP contribution in [0, 0.1) is 0 Å². The van der Waals surface area contributed by atoms with Crippen LogP contribution < -0.4 is 5.73 Å². The van der Waals surface area contributed by atoms with E-state index in [-0.39, 0.29) is 17.0 Å². The first-order valence-corrected chi connectivity index (χ1v) is 4.36. The lowest BCUT2D eigenvalue weighted by Crippen LogP contribution is -1.92. The number of nitrogens with zero attached hydrogens (tertiary/aromatic N) is 2. The Balaban J connectivity index is 0.000000845. The molecule has 68 valence electrons. The monoisotopic (exact) mass is 257 g/mol. The first-order valence-electron chi connectivity index (χ1n) is 3.48. The van der Waals surface area contributed by atoms with Crippen LogP contribution in [0.15, 0.2) is 29.9 Å². The molecule has 0 saturated carbocycles. The van der Waals surface area contributed by atoms with Crippen molar-refractivity contribution in [3.63, 3.8) is 0 Å². The molecule has 0 radical (unpaired) electrons. The highest BCUT2D eigenvalue weighted by atomic mass is 79.9. The minimum absolute atomic E-state index is 0. The summed E-state index contributed by atoms with van der Waals surface area (Å²) < 4.78 is 0. The summed E-state index contributed by atoms with van der Waals surface area (Å²) in [7, 11) is 0. The summed E-state index contributed by atoms with van der Waals surface area (Å²) >= 11 is 1.56. The molecule has 0 aliphatic rings. The summed E-state index contributed by atoms with van der Waals surface area (Å²) in [5.74, 6) is 0.535. The summed E-state index contributed by atoms with van der Waals surface area (Å²) in [6.45, 7) is 0. The quantitative estimate of drug-likeness (QED) is 0.854. The molecule has 2 aromatic rings. The second kappa shape index (κ2) is 4.34. The van der Waals surface area contributed by atoms with E-state index in [1.807, 2.05) is 17.5 Å². The Kier molecular flexibility index (Phi) is 3.39. The fourth-order valence-electron chi connectivity index (χ4n) is 0.955. The lowest BCUT2D eigenvalue weighted by molar-refractivity contribution is 1.32. The molecule has 0 unspecified atom stereocenters. The van der Waals surface area contributed by atoms with Crippen molar-refractivity contribution in [2.75, 3.05) is 5.73 Å². The highest BCUT2D eigenvalue weighted by molar-refractivity contribution is 8.93. The van der Waals surface area contributed by atoms with Gasteiger partial charge >= 0.3 is 0 Å². The summed E-state index contributed by atoms with van der Waals surface area (Å²) in [6, 6.07) is 3.77. The third kappa shape index (κ3) is 2.05. The van der Waals surface area contributed by atoms with Crippen LogP contribution in [0.3, 0.4) is 0 Å². The Morgan fingerprint density at radius 1 is 1.23 bits per heavy atom. The first-order chi connectivity index (χ1) is 5.88. The number of halogens is 1. The molecule has 0 saturated heterocycles. The van der Waals surface area contributed by atoms with E-state index in [2.05, 4.69) is 9.97 Å². The van der Waals surface area contributed by atoms with Crippen LogP contribution in [0.1, 0.15) is 0 Å². The summed E-state index contributed by atoms with van der Waals surface area (Å²) in [4.78, 5) is 8.13. The second-order valence-electron chi connectivity index (χ2n) is 2.27. The SMILES string of the molecule is Br.Nc1ncccc1-c1nccs1. The average Bonchev–Trinajstić information content (AvgIpc) is 2.57. The normalized spacial score (nSPS) is 9.23. The number of nitrogens with two attached hydrogens (primary N) is 1. The van der Waals surface area contributed by atoms with E-state index in [4.69, 9.17) is 5.73 Å². The molecule has 0 amide bonds. The maximum absolute atomic E-state index is 5.67. The molecule has 0 aromatic carbocycles. The van der Waals surface area contributed by atoms with Crippen LogP contribution in [0.25, 0.3) is 10.6 Å². The highest BCUT2D eigenvalue weighted by Crippen LogP contribution is 2.24. The van der Waals surface area contributed by atoms with Gasteiger partial charge in [-0.1, -0.05) is 0 Å². The van der Waals surface area contributed by atoms with Crippen LogP contribution in [0.4, 0.5) is 5.82 Å². The second-order valence-corrected chi connectivity index (χ2v) is 3.17. The molecule has 0 atom stereocenters. The van der Waals surface area contributed by atoms with Gasteiger partial charge in [-0.15, -0.1) is 28.3 Å². The fraction of sp³-hybridized carbons (Fsp3) is 0. The molecule has 0 fully saturated rings. The van der Waals surface area contributed by atoms with Gasteiger partial charge in [0.05, 0.1) is 5.56 Å². The maximum Gasteiger partial charge on any atom is 0.133 e. The topological polar surface area (TPSA) is 51.8 Å². The number of hydrogen-bond acceptors (Lipinski definition) is 4. The summed E-state index contributed by atoms with van der Waals surface area (Å²) in [6.07, 6.45) is 3.43. The van der Waals surface area contributed by atoms with Gasteiger partial charge in [0, 0.05) is 17.8 Å². The zero-order chi connectivity index (χ0) is 8.39. The smallest absolute Gasteiger partial charge is 0.133 e. The largest absolute Gasteiger partial charge is 0.383 e. The van der Waals surface area contributed by atoms with Crippen LogP contribution in [0.2, 0.25) is 0 Å². The lowest BCUT2D eigenvalue weighted by atomic mass is 10.3. The first kappa shape index (κ1) is 10.1. The molecular weight excluding hydrogens is 250 g/mol. The van der Waals surface area contributed by atoms with Crippen molar-refractivity contribution in [2.24, 2.45) is 0 Å². The maximum atomic E-state index is 5.67. The van der Waals surface area contributed by atoms with Crippen molar-refractivity contribution in [3.05, 3.63) is 29.9 Å². The van der Waals surface area contributed by atoms with Crippen molar-refractivity contribution in [1.29, 1.82) is 0 Å². The molecule has 0 spiro atoms. The number of hydrogen-bond donors (Lipinski definition) is 1. The van der Waals surface area contributed by atoms with Gasteiger partial charge in [-0.05, 0) is 12.1 Å². The molecular formula is C8H8BrN3S. The predicted octanol–water partition coefficient (Wildman–Crippen LogP) is 2.37. The highest BCUT2D eigenvalue weighted by Gasteiger charge is 2.03. The summed E-state index contributed by atoms with van der Waals surface area (Å²) in [5.41, 5.74) is 6.58. The van der Waals surface area contributed by atoms with E-state index in [0.29, 0.717) is 5.82 Å². The van der Waals surface area contributed by atoms with Crippen molar-refractivity contribution >= 4 is 34.1 Å². The number of pyridine rings is 1. The van der Waals surface area contributed by atoms with Crippen molar-refractivity contribution in [3.8, 4) is 10.6 Å². The van der Waals surface area contributed by atoms with Crippen LogP contribution in [0.5, 0.6) is 0 Å². The Hall–Kier alpha value is -0.940. The molecule has 13 heavy (non-hydrogen) atoms. The van der Waals surface area contributed by atoms with E-state index in [0.717, 1.165) is 10.6 Å². The molecule has 2 heterocycles. The Morgan fingerprint density at radius 2 is 2.08 bits per heavy atom. The third-order valence-corrected chi connectivity index (χ3v) is 2.31. The van der Waals surface area contributed by atoms with E-state index < -0.39 is 0 Å². The summed E-state index contributed by atoms with van der Waals surface area (Å²) in [5, 5.41) is 2.84. The Bertz CT molecular complexity index is 375. The van der Waals surface area contributed by atoms with Gasteiger partial charge < -0.3 is 5.73 Å². The molecule has 2 rings (SSSR count). The van der Waals surface area contributed by atoms with Gasteiger partial charge in [-0.25, -0.2) is 9.97 Å². The number of rotatable bonds is 1. The van der Waals surface area contributed by atoms with E-state index >= 15 is 0 Å². The number of thiazole rings is 1. The standard InChI is InChI=1S/C8H7N3S.BrH/c9-7-6(2-1-3-10-7)8-11-4-5-12-8;/h1-5H,(H2,9,10);1H. The minimum atomic E-state index is 0. The van der Waals surface area contributed by atoms with Gasteiger partial charge in [0.2, 0.25) is 0 Å². The van der Waals surface area contributed by atoms with Gasteiger partial charge in [0.25, 0.3) is 0 Å². The molecule has 5 heteroatoms. The molecule has 0 bridgehead atoms. The Morgan fingerprint density at radius 3 is 2.69 bits per heavy atom. The van der Waals surface area contributed by atoms with Crippen molar-refractivity contribution in [1.82, 2.24) is 9.97 Å². The van der Waals surface area contributed by atoms with Crippen LogP contribution in [-0.2, 0) is 0 Å². The number of nitrogen functional groups attached to an aromatic ring is 1. The molecule has 0 aliphatic heterocycles. The van der Waals surface area contributed by atoms with E-state index in [1.165, 1.54) is 0 Å². The average molecular weight is 258 g/mol. The van der Waals surface area contributed by atoms with Crippen molar-refractivity contribution in [2.45, 2.75) is 0 Å². The minimum Gasteiger partial charge on any atom is -0.383 e. The fourth-order valence-corrected chi connectivity index (χ4v) is 1.63. The van der Waals surface area contributed by atoms with Gasteiger partial charge in [0.15, 0.2) is 0 Å².